The van der Waals surface area contributed by atoms with Gasteiger partial charge in [-0.15, -0.1) is 0 Å². The second-order valence-electron chi connectivity index (χ2n) is 4.37. The molecule has 18 heavy (non-hydrogen) atoms. The first-order valence-electron chi connectivity index (χ1n) is 6.03. The molecule has 1 atom stereocenters. The zero-order chi connectivity index (χ0) is 13.0. The Morgan fingerprint density at radius 2 is 2.06 bits per heavy atom. The van der Waals surface area contributed by atoms with E-state index in [4.69, 9.17) is 4.74 Å². The maximum absolute atomic E-state index is 9.39. The van der Waals surface area contributed by atoms with E-state index in [1.165, 1.54) is 0 Å². The highest BCUT2D eigenvalue weighted by Crippen LogP contribution is 2.17. The maximum atomic E-state index is 9.39. The van der Waals surface area contributed by atoms with Crippen molar-refractivity contribution in [2.75, 3.05) is 6.61 Å². The van der Waals surface area contributed by atoms with Crippen LogP contribution in [0.25, 0.3) is 0 Å². The Hall–Kier alpha value is -1.81. The van der Waals surface area contributed by atoms with Crippen molar-refractivity contribution in [3.63, 3.8) is 0 Å². The van der Waals surface area contributed by atoms with Gasteiger partial charge >= 0.3 is 0 Å². The Bertz CT molecular complexity index is 489. The maximum Gasteiger partial charge on any atom is 0.119 e. The van der Waals surface area contributed by atoms with Gasteiger partial charge in [0.2, 0.25) is 0 Å². The number of aliphatic hydroxyl groups is 1. The number of nitrogens with zero attached hydrogens (tertiary/aromatic N) is 2. The van der Waals surface area contributed by atoms with E-state index >= 15 is 0 Å². The van der Waals surface area contributed by atoms with Gasteiger partial charge in [-0.2, -0.15) is 5.10 Å². The lowest BCUT2D eigenvalue weighted by molar-refractivity contribution is 0.199. The van der Waals surface area contributed by atoms with Crippen LogP contribution in [-0.2, 0) is 13.5 Å². The van der Waals surface area contributed by atoms with Crippen molar-refractivity contribution in [3.8, 4) is 5.75 Å². The summed E-state index contributed by atoms with van der Waals surface area (Å²) in [5.74, 6) is 0.822. The minimum atomic E-state index is -0.436. The molecule has 0 amide bonds. The molecule has 0 unspecified atom stereocenters. The standard InChI is InChI=1S/C14H18N2O2/c1-11(17)13-3-5-14(6-4-13)18-8-7-12-9-15-16(2)10-12/h3-6,9-11,17H,7-8H2,1-2H3/t11-/m1/s1. The summed E-state index contributed by atoms with van der Waals surface area (Å²) in [4.78, 5) is 0. The van der Waals surface area contributed by atoms with Crippen LogP contribution in [0.1, 0.15) is 24.2 Å². The summed E-state index contributed by atoms with van der Waals surface area (Å²) < 4.78 is 7.42. The van der Waals surface area contributed by atoms with Gasteiger partial charge in [-0.05, 0) is 30.2 Å². The van der Waals surface area contributed by atoms with E-state index in [0.717, 1.165) is 23.3 Å². The van der Waals surface area contributed by atoms with E-state index in [1.54, 1.807) is 11.6 Å². The van der Waals surface area contributed by atoms with Crippen LogP contribution in [0.15, 0.2) is 36.7 Å². The average molecular weight is 246 g/mol. The van der Waals surface area contributed by atoms with E-state index in [-0.39, 0.29) is 0 Å². The Kier molecular flexibility index (Phi) is 3.99. The van der Waals surface area contributed by atoms with Gasteiger partial charge in [0.15, 0.2) is 0 Å². The molecule has 0 spiro atoms. The van der Waals surface area contributed by atoms with Crippen molar-refractivity contribution in [1.82, 2.24) is 9.78 Å². The normalized spacial score (nSPS) is 12.4. The predicted molar refractivity (Wildman–Crippen MR) is 69.5 cm³/mol. The molecule has 4 heteroatoms. The molecule has 0 aliphatic rings. The molecule has 1 N–H and O–H groups in total. The molecule has 1 aromatic heterocycles. The van der Waals surface area contributed by atoms with E-state index in [9.17, 15) is 5.11 Å². The molecule has 0 fully saturated rings. The third kappa shape index (κ3) is 3.34. The number of aryl methyl sites for hydroxylation is 1. The molecule has 2 aromatic rings. The highest BCUT2D eigenvalue weighted by Gasteiger charge is 2.01. The zero-order valence-corrected chi connectivity index (χ0v) is 10.7. The lowest BCUT2D eigenvalue weighted by Gasteiger charge is -2.08. The first-order chi connectivity index (χ1) is 8.65. The fourth-order valence-electron chi connectivity index (χ4n) is 1.73. The Labute approximate surface area is 107 Å². The van der Waals surface area contributed by atoms with Gasteiger partial charge in [-0.1, -0.05) is 12.1 Å². The third-order valence-electron chi connectivity index (χ3n) is 2.78. The van der Waals surface area contributed by atoms with Crippen molar-refractivity contribution in [2.45, 2.75) is 19.4 Å². The van der Waals surface area contributed by atoms with Crippen LogP contribution in [0.3, 0.4) is 0 Å². The molecule has 2 rings (SSSR count). The molecule has 0 saturated carbocycles. The van der Waals surface area contributed by atoms with Crippen LogP contribution in [0.5, 0.6) is 5.75 Å². The Morgan fingerprint density at radius 3 is 2.61 bits per heavy atom. The average Bonchev–Trinajstić information content (AvgIpc) is 2.76. The molecule has 0 aliphatic heterocycles. The van der Waals surface area contributed by atoms with Gasteiger partial charge in [0.25, 0.3) is 0 Å². The minimum Gasteiger partial charge on any atom is -0.493 e. The first kappa shape index (κ1) is 12.6. The van der Waals surface area contributed by atoms with Crippen molar-refractivity contribution in [2.24, 2.45) is 7.05 Å². The minimum absolute atomic E-state index is 0.436. The number of aliphatic hydroxyl groups excluding tert-OH is 1. The monoisotopic (exact) mass is 246 g/mol. The van der Waals surface area contributed by atoms with Crippen molar-refractivity contribution >= 4 is 0 Å². The summed E-state index contributed by atoms with van der Waals surface area (Å²) in [5, 5.41) is 13.5. The highest BCUT2D eigenvalue weighted by molar-refractivity contribution is 5.28. The smallest absolute Gasteiger partial charge is 0.119 e. The van der Waals surface area contributed by atoms with Crippen LogP contribution in [0.2, 0.25) is 0 Å². The number of hydrogen-bond acceptors (Lipinski definition) is 3. The summed E-state index contributed by atoms with van der Waals surface area (Å²) >= 11 is 0. The van der Waals surface area contributed by atoms with Gasteiger partial charge < -0.3 is 9.84 Å². The predicted octanol–water partition coefficient (Wildman–Crippen LogP) is 2.09. The van der Waals surface area contributed by atoms with Gasteiger partial charge in [0.05, 0.1) is 18.9 Å². The largest absolute Gasteiger partial charge is 0.493 e. The van der Waals surface area contributed by atoms with Crippen LogP contribution in [0.4, 0.5) is 0 Å². The zero-order valence-electron chi connectivity index (χ0n) is 10.7. The molecular weight excluding hydrogens is 228 g/mol. The fourth-order valence-corrected chi connectivity index (χ4v) is 1.73. The second-order valence-corrected chi connectivity index (χ2v) is 4.37. The van der Waals surface area contributed by atoms with Gasteiger partial charge in [0.1, 0.15) is 5.75 Å². The van der Waals surface area contributed by atoms with Gasteiger partial charge in [-0.25, -0.2) is 0 Å². The lowest BCUT2D eigenvalue weighted by atomic mass is 10.1. The van der Waals surface area contributed by atoms with Crippen molar-refractivity contribution < 1.29 is 9.84 Å². The Balaban J connectivity index is 1.83. The van der Waals surface area contributed by atoms with Crippen LogP contribution >= 0.6 is 0 Å². The first-order valence-corrected chi connectivity index (χ1v) is 6.03. The van der Waals surface area contributed by atoms with Gasteiger partial charge in [0, 0.05) is 19.7 Å². The summed E-state index contributed by atoms with van der Waals surface area (Å²) in [6, 6.07) is 7.52. The quantitative estimate of drug-likeness (QED) is 0.878. The molecule has 0 aliphatic carbocycles. The molecule has 0 bridgehead atoms. The number of benzene rings is 1. The number of rotatable bonds is 5. The van der Waals surface area contributed by atoms with Gasteiger partial charge in [-0.3, -0.25) is 4.68 Å². The molecule has 96 valence electrons. The molecule has 0 radical (unpaired) electrons. The van der Waals surface area contributed by atoms with Crippen molar-refractivity contribution in [3.05, 3.63) is 47.8 Å². The second kappa shape index (κ2) is 5.69. The SMILES string of the molecule is C[C@@H](O)c1ccc(OCCc2cnn(C)c2)cc1. The number of aromatic nitrogens is 2. The van der Waals surface area contributed by atoms with Crippen molar-refractivity contribution in [1.29, 1.82) is 0 Å². The molecule has 4 nitrogen and oxygen atoms in total. The fraction of sp³-hybridized carbons (Fsp3) is 0.357. The molecule has 1 heterocycles. The summed E-state index contributed by atoms with van der Waals surface area (Å²) in [7, 11) is 1.90. The lowest BCUT2D eigenvalue weighted by Crippen LogP contribution is -2.01. The Morgan fingerprint density at radius 1 is 1.33 bits per heavy atom. The number of ether oxygens (including phenoxy) is 1. The summed E-state index contributed by atoms with van der Waals surface area (Å²) in [5.41, 5.74) is 2.06. The van der Waals surface area contributed by atoms with E-state index in [1.807, 2.05) is 43.7 Å². The summed E-state index contributed by atoms with van der Waals surface area (Å²) in [6.07, 6.45) is 4.24. The topological polar surface area (TPSA) is 47.3 Å². The third-order valence-corrected chi connectivity index (χ3v) is 2.78. The number of hydrogen-bond donors (Lipinski definition) is 1. The van der Waals surface area contributed by atoms with E-state index in [0.29, 0.717) is 6.61 Å². The molecule has 1 aromatic carbocycles. The van der Waals surface area contributed by atoms with E-state index < -0.39 is 6.10 Å². The summed E-state index contributed by atoms with van der Waals surface area (Å²) in [6.45, 7) is 2.37. The van der Waals surface area contributed by atoms with Crippen LogP contribution in [0, 0.1) is 0 Å². The van der Waals surface area contributed by atoms with E-state index in [2.05, 4.69) is 5.10 Å². The van der Waals surface area contributed by atoms with Crippen LogP contribution in [-0.4, -0.2) is 21.5 Å². The molecule has 0 saturated heterocycles. The molecular formula is C14H18N2O2. The van der Waals surface area contributed by atoms with Crippen LogP contribution < -0.4 is 4.74 Å². The highest BCUT2D eigenvalue weighted by atomic mass is 16.5.